The third kappa shape index (κ3) is 10.8. The van der Waals surface area contributed by atoms with Crippen LogP contribution in [0.4, 0.5) is 51.2 Å². The van der Waals surface area contributed by atoms with E-state index in [2.05, 4.69) is 123 Å². The van der Waals surface area contributed by atoms with Gasteiger partial charge in [-0.2, -0.15) is 10.2 Å². The zero-order valence-corrected chi connectivity index (χ0v) is 45.1. The quantitative estimate of drug-likeness (QED) is 0.0451. The molecule has 82 heavy (non-hydrogen) atoms. The molecule has 398 valence electrons. The Labute approximate surface area is 477 Å². The summed E-state index contributed by atoms with van der Waals surface area (Å²) in [5, 5.41) is 47.3. The molecule has 0 aliphatic heterocycles. The molecule has 0 radical (unpaired) electrons. The summed E-state index contributed by atoms with van der Waals surface area (Å²) < 4.78 is 0. The number of aromatic hydroxyl groups is 2. The minimum absolute atomic E-state index is 0.00174. The van der Waals surface area contributed by atoms with Crippen LogP contribution in [0.25, 0.3) is 44.8 Å². The zero-order chi connectivity index (χ0) is 56.3. The van der Waals surface area contributed by atoms with Crippen molar-refractivity contribution in [2.24, 2.45) is 20.5 Å². The molecule has 0 bridgehead atoms. The van der Waals surface area contributed by atoms with Gasteiger partial charge in [-0.25, -0.2) is 0 Å². The lowest BCUT2D eigenvalue weighted by Gasteiger charge is -2.25. The monoisotopic (exact) mass is 1090 g/mol. The van der Waals surface area contributed by atoms with Gasteiger partial charge >= 0.3 is 0 Å². The number of benzene rings is 11. The van der Waals surface area contributed by atoms with Crippen molar-refractivity contribution >= 4 is 108 Å². The van der Waals surface area contributed by atoms with Gasteiger partial charge in [0.1, 0.15) is 23.7 Å². The molecule has 11 aromatic carbocycles. The second-order valence-corrected chi connectivity index (χ2v) is 20.3. The first-order chi connectivity index (χ1) is 40.0. The summed E-state index contributed by atoms with van der Waals surface area (Å²) in [4.78, 5) is 36.0. The van der Waals surface area contributed by atoms with Gasteiger partial charge < -0.3 is 20.4 Å². The van der Waals surface area contributed by atoms with Crippen molar-refractivity contribution in [3.63, 3.8) is 0 Å². The largest absolute Gasteiger partial charge is 0.505 e. The minimum atomic E-state index is -0.528. The average Bonchev–Trinajstić information content (AvgIpc) is 3.81. The van der Waals surface area contributed by atoms with E-state index >= 15 is 0 Å². The van der Waals surface area contributed by atoms with Crippen LogP contribution in [-0.2, 0) is 11.4 Å². The maximum Gasteiger partial charge on any atom is 0.259 e. The van der Waals surface area contributed by atoms with E-state index in [0.29, 0.717) is 66.2 Å². The molecule has 12 nitrogen and oxygen atoms in total. The molecule has 13 heteroatoms. The van der Waals surface area contributed by atoms with Crippen molar-refractivity contribution in [2.75, 3.05) is 15.7 Å². The molecule has 0 saturated heterocycles. The predicted octanol–water partition coefficient (Wildman–Crippen LogP) is 19.2. The van der Waals surface area contributed by atoms with E-state index in [1.807, 2.05) is 103 Å². The number of azo groups is 2. The van der Waals surface area contributed by atoms with E-state index in [4.69, 9.17) is 16.4 Å². The van der Waals surface area contributed by atoms with E-state index in [0.717, 1.165) is 39.1 Å². The van der Waals surface area contributed by atoms with Crippen molar-refractivity contribution in [1.82, 2.24) is 0 Å². The highest BCUT2D eigenvalue weighted by Gasteiger charge is 2.28. The number of hydrogen-bond acceptors (Lipinski definition) is 11. The Kier molecular flexibility index (Phi) is 14.4. The smallest absolute Gasteiger partial charge is 0.259 e. The molecule has 0 fully saturated rings. The Hall–Kier alpha value is -10.5. The predicted molar refractivity (Wildman–Crippen MR) is 329 cm³/mol. The number of anilines is 5. The van der Waals surface area contributed by atoms with Gasteiger partial charge in [-0.05, 0) is 144 Å². The van der Waals surface area contributed by atoms with Crippen molar-refractivity contribution in [1.29, 1.82) is 0 Å². The molecule has 1 aliphatic rings. The standard InChI is InChI=1S/C69H50ClN7O5/c1-42-15-29-52(30-16-42)77(53-31-17-43(2)18-32-53)54-33-23-45(24-34-54)20-19-44-21-25-49(26-22-44)71-69(81)61-38-47-10-4-6-12-56(47)65(68(61)80)75-73-51-28-36-58-57-35-27-50(39-59(57)67(79)60(58)40-51)72-74-64-55-11-5-3-9-46(55)37-48(66(64)78)41-82-76-63-14-8-7-13-62(63)70/h3-40,76,78,80H,41H2,1-2H3,(H,71,81)/b20-19+,74-72?,75-73?. The molecule has 12 rings (SSSR count). The van der Waals surface area contributed by atoms with Gasteiger partial charge in [-0.15, -0.1) is 10.2 Å². The third-order valence-electron chi connectivity index (χ3n) is 14.3. The SMILES string of the molecule is Cc1ccc(N(c2ccc(C)cc2)c2ccc(/C=C/c3ccc(NC(=O)c4cc5ccccc5c(N=Nc5ccc6c(c5)C(=O)c5cc(N=Nc7c(O)c(CONc8ccccc8Cl)cc8ccccc78)ccc5-6)c4O)cc3)cc2)cc1. The number of hydrogen-bond donors (Lipinski definition) is 4. The van der Waals surface area contributed by atoms with E-state index in [-0.39, 0.29) is 40.8 Å². The first-order valence-electron chi connectivity index (χ1n) is 26.4. The second-order valence-electron chi connectivity index (χ2n) is 19.9. The van der Waals surface area contributed by atoms with Gasteiger partial charge in [0, 0.05) is 50.2 Å². The van der Waals surface area contributed by atoms with Crippen LogP contribution in [-0.4, -0.2) is 21.9 Å². The highest BCUT2D eigenvalue weighted by molar-refractivity contribution is 6.33. The Balaban J connectivity index is 0.727. The molecule has 0 heterocycles. The Morgan fingerprint density at radius 1 is 0.537 bits per heavy atom. The van der Waals surface area contributed by atoms with Gasteiger partial charge in [0.15, 0.2) is 11.5 Å². The van der Waals surface area contributed by atoms with Crippen molar-refractivity contribution < 1.29 is 24.6 Å². The van der Waals surface area contributed by atoms with Gasteiger partial charge in [0.2, 0.25) is 0 Å². The molecule has 0 spiro atoms. The van der Waals surface area contributed by atoms with E-state index in [1.54, 1.807) is 54.6 Å². The number of halogens is 1. The Morgan fingerprint density at radius 3 is 1.59 bits per heavy atom. The number of ketones is 1. The van der Waals surface area contributed by atoms with E-state index in [9.17, 15) is 19.8 Å². The van der Waals surface area contributed by atoms with E-state index in [1.165, 1.54) is 11.1 Å². The van der Waals surface area contributed by atoms with Gasteiger partial charge in [0.05, 0.1) is 27.6 Å². The summed E-state index contributed by atoms with van der Waals surface area (Å²) in [5.74, 6) is -1.21. The van der Waals surface area contributed by atoms with Crippen LogP contribution in [0.15, 0.2) is 239 Å². The number of phenols is 2. The molecule has 11 aromatic rings. The fraction of sp³-hybridized carbons (Fsp3) is 0.0435. The average molecular weight is 1090 g/mol. The summed E-state index contributed by atoms with van der Waals surface area (Å²) in [6, 6.07) is 68.8. The number of nitrogens with zero attached hydrogens (tertiary/aromatic N) is 5. The number of fused-ring (bicyclic) bond motifs is 5. The second kappa shape index (κ2) is 22.7. The lowest BCUT2D eigenvalue weighted by atomic mass is 10.0. The maximum absolute atomic E-state index is 14.1. The van der Waals surface area contributed by atoms with Crippen LogP contribution in [0.5, 0.6) is 11.5 Å². The van der Waals surface area contributed by atoms with Gasteiger partial charge in [-0.1, -0.05) is 156 Å². The number of carbonyl (C=O) groups is 2. The van der Waals surface area contributed by atoms with Gasteiger partial charge in [-0.3, -0.25) is 19.9 Å². The molecular formula is C69H50ClN7O5. The molecule has 0 unspecified atom stereocenters. The molecular weight excluding hydrogens is 1040 g/mol. The molecule has 1 amide bonds. The topological polar surface area (TPSA) is 161 Å². The highest BCUT2D eigenvalue weighted by atomic mass is 35.5. The van der Waals surface area contributed by atoms with Gasteiger partial charge in [0.25, 0.3) is 5.91 Å². The van der Waals surface area contributed by atoms with Crippen LogP contribution in [0.1, 0.15) is 54.1 Å². The summed E-state index contributed by atoms with van der Waals surface area (Å²) in [6.45, 7) is 4.17. The van der Waals surface area contributed by atoms with Crippen LogP contribution >= 0.6 is 11.6 Å². The number of phenolic OH excluding ortho intramolecular Hbond substituents is 2. The first kappa shape index (κ1) is 52.2. The maximum atomic E-state index is 14.1. The lowest BCUT2D eigenvalue weighted by Crippen LogP contribution is -2.12. The molecule has 0 atom stereocenters. The number of nitrogens with one attached hydrogen (secondary N) is 2. The van der Waals surface area contributed by atoms with Crippen LogP contribution in [0.3, 0.4) is 0 Å². The summed E-state index contributed by atoms with van der Waals surface area (Å²) in [5.41, 5.74) is 15.4. The number of aryl methyl sites for hydroxylation is 2. The van der Waals surface area contributed by atoms with Crippen LogP contribution in [0, 0.1) is 13.8 Å². The number of amides is 1. The Morgan fingerprint density at radius 2 is 1.02 bits per heavy atom. The molecule has 4 N–H and O–H groups in total. The molecule has 0 saturated carbocycles. The summed E-state index contributed by atoms with van der Waals surface area (Å²) in [7, 11) is 0. The van der Waals surface area contributed by atoms with Crippen molar-refractivity contribution in [3.05, 3.63) is 268 Å². The van der Waals surface area contributed by atoms with Crippen molar-refractivity contribution in [3.8, 4) is 22.6 Å². The third-order valence-corrected chi connectivity index (χ3v) is 14.6. The fourth-order valence-electron chi connectivity index (χ4n) is 9.95. The minimum Gasteiger partial charge on any atom is -0.505 e. The lowest BCUT2D eigenvalue weighted by molar-refractivity contribution is 0.102. The fourth-order valence-corrected chi connectivity index (χ4v) is 10.1. The number of carbonyl (C=O) groups excluding carboxylic acids is 2. The molecule has 0 aromatic heterocycles. The number of para-hydroxylation sites is 1. The first-order valence-corrected chi connectivity index (χ1v) is 26.8. The Bertz CT molecular complexity index is 4330. The zero-order valence-electron chi connectivity index (χ0n) is 44.4. The summed E-state index contributed by atoms with van der Waals surface area (Å²) in [6.07, 6.45) is 4.06. The molecule has 1 aliphatic carbocycles. The van der Waals surface area contributed by atoms with Crippen molar-refractivity contribution in [2.45, 2.75) is 20.5 Å². The van der Waals surface area contributed by atoms with E-state index < -0.39 is 5.91 Å². The highest BCUT2D eigenvalue weighted by Crippen LogP contribution is 2.45. The summed E-state index contributed by atoms with van der Waals surface area (Å²) >= 11 is 6.28. The normalized spacial score (nSPS) is 12.0. The van der Waals surface area contributed by atoms with Crippen LogP contribution < -0.4 is 15.7 Å². The van der Waals surface area contributed by atoms with Crippen LogP contribution in [0.2, 0.25) is 5.02 Å². The number of rotatable bonds is 15.